The molecule has 1 aromatic carbocycles. The Morgan fingerprint density at radius 1 is 1.35 bits per heavy atom. The van der Waals surface area contributed by atoms with Gasteiger partial charge in [0.25, 0.3) is 0 Å². The van der Waals surface area contributed by atoms with E-state index in [0.29, 0.717) is 35.3 Å². The molecule has 1 fully saturated rings. The van der Waals surface area contributed by atoms with Crippen LogP contribution in [0.1, 0.15) is 18.4 Å². The van der Waals surface area contributed by atoms with E-state index in [4.69, 9.17) is 16.3 Å². The summed E-state index contributed by atoms with van der Waals surface area (Å²) in [5.41, 5.74) is 0.651. The Morgan fingerprint density at radius 3 is 2.48 bits per heavy atom. The van der Waals surface area contributed by atoms with Crippen molar-refractivity contribution in [3.05, 3.63) is 22.7 Å². The first kappa shape index (κ1) is 20.5. The molecule has 1 aromatic rings. The van der Waals surface area contributed by atoms with E-state index in [0.717, 1.165) is 19.4 Å². The smallest absolute Gasteiger partial charge is 0.243 e. The summed E-state index contributed by atoms with van der Waals surface area (Å²) in [5.74, 6) is 1.03. The molecular weight excluding hydrogens is 359 g/mol. The van der Waals surface area contributed by atoms with E-state index in [9.17, 15) is 8.42 Å². The second kappa shape index (κ2) is 8.53. The zero-order chi connectivity index (χ0) is 16.3. The number of hydrogen-bond donors (Lipinski definition) is 1. The van der Waals surface area contributed by atoms with Crippen LogP contribution in [0, 0.1) is 12.8 Å². The van der Waals surface area contributed by atoms with Gasteiger partial charge in [0.2, 0.25) is 10.0 Å². The van der Waals surface area contributed by atoms with E-state index < -0.39 is 10.0 Å². The molecule has 1 aliphatic rings. The molecule has 0 atom stereocenters. The molecular formula is C15H24Cl2N2O3S. The summed E-state index contributed by atoms with van der Waals surface area (Å²) in [6, 6.07) is 3.16. The van der Waals surface area contributed by atoms with E-state index in [2.05, 4.69) is 5.32 Å². The van der Waals surface area contributed by atoms with Crippen LogP contribution in [0.4, 0.5) is 0 Å². The monoisotopic (exact) mass is 382 g/mol. The molecule has 1 aliphatic heterocycles. The quantitative estimate of drug-likeness (QED) is 0.850. The van der Waals surface area contributed by atoms with Crippen molar-refractivity contribution in [3.63, 3.8) is 0 Å². The van der Waals surface area contributed by atoms with Gasteiger partial charge in [-0.3, -0.25) is 0 Å². The van der Waals surface area contributed by atoms with Crippen LogP contribution in [0.15, 0.2) is 17.0 Å². The van der Waals surface area contributed by atoms with Crippen LogP contribution < -0.4 is 10.1 Å². The van der Waals surface area contributed by atoms with Crippen LogP contribution in [0.25, 0.3) is 0 Å². The summed E-state index contributed by atoms with van der Waals surface area (Å²) in [6.45, 7) is 3.80. The van der Waals surface area contributed by atoms with Gasteiger partial charge in [-0.2, -0.15) is 4.31 Å². The van der Waals surface area contributed by atoms with Crippen molar-refractivity contribution in [1.82, 2.24) is 9.62 Å². The SMILES string of the molecule is CNCC1CCN(S(=O)(=O)c2cc(Cl)c(OC)cc2C)CC1.Cl. The Hall–Kier alpha value is -0.530. The molecule has 1 saturated heterocycles. The fraction of sp³-hybridized carbons (Fsp3) is 0.600. The van der Waals surface area contributed by atoms with Gasteiger partial charge in [-0.25, -0.2) is 8.42 Å². The summed E-state index contributed by atoms with van der Waals surface area (Å²) in [6.07, 6.45) is 1.76. The van der Waals surface area contributed by atoms with Gasteiger partial charge in [0.15, 0.2) is 0 Å². The Bertz CT molecular complexity index is 630. The van der Waals surface area contributed by atoms with E-state index in [1.807, 2.05) is 7.05 Å². The fourth-order valence-corrected chi connectivity index (χ4v) is 4.86. The van der Waals surface area contributed by atoms with Crippen LogP contribution in [0.3, 0.4) is 0 Å². The Morgan fingerprint density at radius 2 is 1.96 bits per heavy atom. The maximum atomic E-state index is 12.8. The number of ether oxygens (including phenoxy) is 1. The number of hydrogen-bond acceptors (Lipinski definition) is 4. The number of nitrogens with zero attached hydrogens (tertiary/aromatic N) is 1. The Kier molecular flexibility index (Phi) is 7.61. The van der Waals surface area contributed by atoms with Crippen molar-refractivity contribution in [2.75, 3.05) is 33.8 Å². The minimum Gasteiger partial charge on any atom is -0.495 e. The second-order valence-electron chi connectivity index (χ2n) is 5.66. The zero-order valence-corrected chi connectivity index (χ0v) is 16.0. The molecule has 0 bridgehead atoms. The molecule has 2 rings (SSSR count). The molecule has 0 aliphatic carbocycles. The molecule has 0 amide bonds. The lowest BCUT2D eigenvalue weighted by atomic mass is 9.98. The van der Waals surface area contributed by atoms with E-state index in [-0.39, 0.29) is 17.3 Å². The lowest BCUT2D eigenvalue weighted by Crippen LogP contribution is -2.40. The van der Waals surface area contributed by atoms with E-state index in [1.54, 1.807) is 17.3 Å². The number of aryl methyl sites for hydroxylation is 1. The highest BCUT2D eigenvalue weighted by atomic mass is 35.5. The van der Waals surface area contributed by atoms with Gasteiger partial charge in [-0.15, -0.1) is 12.4 Å². The first-order chi connectivity index (χ1) is 10.4. The third kappa shape index (κ3) is 4.51. The largest absolute Gasteiger partial charge is 0.495 e. The number of rotatable bonds is 5. The number of sulfonamides is 1. The van der Waals surface area contributed by atoms with Crippen molar-refractivity contribution < 1.29 is 13.2 Å². The van der Waals surface area contributed by atoms with Gasteiger partial charge >= 0.3 is 0 Å². The van der Waals surface area contributed by atoms with Crippen molar-refractivity contribution in [2.24, 2.45) is 5.92 Å². The first-order valence-electron chi connectivity index (χ1n) is 7.39. The highest BCUT2D eigenvalue weighted by Gasteiger charge is 2.30. The van der Waals surface area contributed by atoms with E-state index >= 15 is 0 Å². The highest BCUT2D eigenvalue weighted by Crippen LogP contribution is 2.32. The normalized spacial score (nSPS) is 16.9. The van der Waals surface area contributed by atoms with Gasteiger partial charge in [-0.05, 0) is 57.0 Å². The third-order valence-corrected chi connectivity index (χ3v) is 6.47. The van der Waals surface area contributed by atoms with Crippen molar-refractivity contribution in [3.8, 4) is 5.75 Å². The molecule has 0 aromatic heterocycles. The van der Waals surface area contributed by atoms with Gasteiger partial charge < -0.3 is 10.1 Å². The predicted octanol–water partition coefficient (Wildman–Crippen LogP) is 2.70. The molecule has 8 heteroatoms. The number of halogens is 2. The summed E-state index contributed by atoms with van der Waals surface area (Å²) in [7, 11) is -0.0679. The van der Waals surface area contributed by atoms with Crippen LogP contribution in [0.2, 0.25) is 5.02 Å². The average molecular weight is 383 g/mol. The summed E-state index contributed by atoms with van der Waals surface area (Å²) >= 11 is 6.09. The topological polar surface area (TPSA) is 58.6 Å². The summed E-state index contributed by atoms with van der Waals surface area (Å²) < 4.78 is 32.4. The third-order valence-electron chi connectivity index (χ3n) is 4.13. The van der Waals surface area contributed by atoms with Crippen molar-refractivity contribution >= 4 is 34.0 Å². The number of methoxy groups -OCH3 is 1. The molecule has 132 valence electrons. The van der Waals surface area contributed by atoms with Crippen LogP contribution in [-0.4, -0.2) is 46.5 Å². The zero-order valence-electron chi connectivity index (χ0n) is 13.6. The summed E-state index contributed by atoms with van der Waals surface area (Å²) in [4.78, 5) is 0.269. The number of piperidine rings is 1. The van der Waals surface area contributed by atoms with Crippen LogP contribution >= 0.6 is 24.0 Å². The molecule has 0 spiro atoms. The van der Waals surface area contributed by atoms with Crippen molar-refractivity contribution in [2.45, 2.75) is 24.7 Å². The van der Waals surface area contributed by atoms with Gasteiger partial charge in [0.1, 0.15) is 5.75 Å². The van der Waals surface area contributed by atoms with Crippen LogP contribution in [-0.2, 0) is 10.0 Å². The lowest BCUT2D eigenvalue weighted by Gasteiger charge is -2.31. The predicted molar refractivity (Wildman–Crippen MR) is 95.4 cm³/mol. The number of nitrogens with one attached hydrogen (secondary N) is 1. The summed E-state index contributed by atoms with van der Waals surface area (Å²) in [5, 5.41) is 3.47. The minimum absolute atomic E-state index is 0. The maximum Gasteiger partial charge on any atom is 0.243 e. The Balaban J connectivity index is 0.00000264. The standard InChI is InChI=1S/C15H23ClN2O3S.ClH/c1-11-8-14(21-3)13(16)9-15(11)22(19,20)18-6-4-12(5-7-18)10-17-2;/h8-9,12,17H,4-7,10H2,1-3H3;1H. The van der Waals surface area contributed by atoms with Gasteiger partial charge in [0.05, 0.1) is 17.0 Å². The molecule has 0 radical (unpaired) electrons. The first-order valence-corrected chi connectivity index (χ1v) is 9.20. The molecule has 1 N–H and O–H groups in total. The van der Waals surface area contributed by atoms with Crippen LogP contribution in [0.5, 0.6) is 5.75 Å². The highest BCUT2D eigenvalue weighted by molar-refractivity contribution is 7.89. The average Bonchev–Trinajstić information content (AvgIpc) is 2.50. The van der Waals surface area contributed by atoms with Crippen molar-refractivity contribution in [1.29, 1.82) is 0 Å². The Labute approximate surface area is 149 Å². The maximum absolute atomic E-state index is 12.8. The fourth-order valence-electron chi connectivity index (χ4n) is 2.85. The molecule has 0 unspecified atom stereocenters. The molecule has 5 nitrogen and oxygen atoms in total. The van der Waals surface area contributed by atoms with Gasteiger partial charge in [-0.1, -0.05) is 11.6 Å². The van der Waals surface area contributed by atoms with Gasteiger partial charge in [0, 0.05) is 13.1 Å². The molecule has 1 heterocycles. The van der Waals surface area contributed by atoms with E-state index in [1.165, 1.54) is 13.2 Å². The second-order valence-corrected chi connectivity index (χ2v) is 7.97. The molecule has 23 heavy (non-hydrogen) atoms. The molecule has 0 saturated carbocycles. The lowest BCUT2D eigenvalue weighted by molar-refractivity contribution is 0.270. The number of benzene rings is 1. The minimum atomic E-state index is -3.51.